The van der Waals surface area contributed by atoms with Gasteiger partial charge in [0.2, 0.25) is 0 Å². The molecule has 1 rings (SSSR count). The van der Waals surface area contributed by atoms with E-state index in [-0.39, 0.29) is 0 Å². The molecular formula is C8H15N3O. The number of H-pyrrole nitrogens is 1. The molecule has 0 amide bonds. The number of nitrogens with one attached hydrogen (secondary N) is 2. The predicted molar refractivity (Wildman–Crippen MR) is 48.2 cm³/mol. The zero-order valence-electron chi connectivity index (χ0n) is 7.50. The van der Waals surface area contributed by atoms with Crippen molar-refractivity contribution in [3.63, 3.8) is 0 Å². The summed E-state index contributed by atoms with van der Waals surface area (Å²) in [5, 5.41) is 3.09. The van der Waals surface area contributed by atoms with Gasteiger partial charge in [0.1, 0.15) is 0 Å². The summed E-state index contributed by atoms with van der Waals surface area (Å²) in [6, 6.07) is 0. The summed E-state index contributed by atoms with van der Waals surface area (Å²) in [7, 11) is 0. The Bertz CT molecular complexity index is 196. The number of rotatable bonds is 5. The molecule has 0 aliphatic rings. The van der Waals surface area contributed by atoms with Crippen LogP contribution in [0, 0.1) is 0 Å². The number of nitrogens with zero attached hydrogens (tertiary/aromatic N) is 1. The molecule has 1 aromatic rings. The lowest BCUT2D eigenvalue weighted by Crippen LogP contribution is -2.13. The fraction of sp³-hybridized carbons (Fsp3) is 0.625. The molecule has 4 heteroatoms. The Labute approximate surface area is 72.3 Å². The summed E-state index contributed by atoms with van der Waals surface area (Å²) < 4.78 is 5.34. The lowest BCUT2D eigenvalue weighted by Gasteiger charge is -2.07. The van der Waals surface area contributed by atoms with E-state index >= 15 is 0 Å². The van der Waals surface area contributed by atoms with Crippen LogP contribution in [-0.4, -0.2) is 29.2 Å². The summed E-state index contributed by atoms with van der Waals surface area (Å²) in [5.74, 6) is 0.794. The van der Waals surface area contributed by atoms with Crippen LogP contribution in [0.4, 0.5) is 5.95 Å². The van der Waals surface area contributed by atoms with Gasteiger partial charge >= 0.3 is 0 Å². The average Bonchev–Trinajstić information content (AvgIpc) is 2.49. The first-order valence-electron chi connectivity index (χ1n) is 4.14. The van der Waals surface area contributed by atoms with Gasteiger partial charge < -0.3 is 15.0 Å². The molecule has 2 N–H and O–H groups in total. The van der Waals surface area contributed by atoms with Crippen LogP contribution in [0.25, 0.3) is 0 Å². The molecule has 0 saturated carbocycles. The highest BCUT2D eigenvalue weighted by Crippen LogP contribution is 1.94. The summed E-state index contributed by atoms with van der Waals surface area (Å²) in [5.41, 5.74) is 0. The zero-order valence-corrected chi connectivity index (χ0v) is 7.50. The van der Waals surface area contributed by atoms with Gasteiger partial charge in [-0.15, -0.1) is 0 Å². The zero-order chi connectivity index (χ0) is 8.81. The number of hydrogen-bond acceptors (Lipinski definition) is 3. The molecule has 0 aliphatic heterocycles. The van der Waals surface area contributed by atoms with E-state index in [0.717, 1.165) is 12.5 Å². The van der Waals surface area contributed by atoms with E-state index in [1.807, 2.05) is 13.8 Å². The second-order valence-corrected chi connectivity index (χ2v) is 2.78. The van der Waals surface area contributed by atoms with Crippen LogP contribution in [0.2, 0.25) is 0 Å². The van der Waals surface area contributed by atoms with Crippen LogP contribution in [0.3, 0.4) is 0 Å². The quantitative estimate of drug-likeness (QED) is 0.652. The van der Waals surface area contributed by atoms with Crippen molar-refractivity contribution in [2.45, 2.75) is 20.0 Å². The smallest absolute Gasteiger partial charge is 0.200 e. The van der Waals surface area contributed by atoms with E-state index in [9.17, 15) is 0 Å². The monoisotopic (exact) mass is 169 g/mol. The average molecular weight is 169 g/mol. The standard InChI is InChI=1S/C8H15N3O/c1-7(2)12-6-5-11-8-9-3-4-10-8/h3-4,7H,5-6H2,1-2H3,(H2,9,10,11). The summed E-state index contributed by atoms with van der Waals surface area (Å²) in [4.78, 5) is 6.96. The maximum atomic E-state index is 5.34. The van der Waals surface area contributed by atoms with Crippen LogP contribution in [-0.2, 0) is 4.74 Å². The highest BCUT2D eigenvalue weighted by Gasteiger charge is 1.93. The van der Waals surface area contributed by atoms with Crippen molar-refractivity contribution in [3.8, 4) is 0 Å². The molecule has 68 valence electrons. The minimum Gasteiger partial charge on any atom is -0.377 e. The molecule has 4 nitrogen and oxygen atoms in total. The van der Waals surface area contributed by atoms with E-state index in [4.69, 9.17) is 4.74 Å². The number of aromatic amines is 1. The Hall–Kier alpha value is -1.03. The number of aromatic nitrogens is 2. The van der Waals surface area contributed by atoms with Crippen molar-refractivity contribution < 1.29 is 4.74 Å². The molecule has 0 aliphatic carbocycles. The van der Waals surface area contributed by atoms with E-state index in [2.05, 4.69) is 15.3 Å². The topological polar surface area (TPSA) is 49.9 Å². The van der Waals surface area contributed by atoms with Gasteiger partial charge in [-0.3, -0.25) is 0 Å². The SMILES string of the molecule is CC(C)OCCNc1ncc[nH]1. The number of ether oxygens (including phenoxy) is 1. The van der Waals surface area contributed by atoms with E-state index in [0.29, 0.717) is 12.7 Å². The van der Waals surface area contributed by atoms with E-state index < -0.39 is 0 Å². The number of imidazole rings is 1. The minimum absolute atomic E-state index is 0.295. The van der Waals surface area contributed by atoms with Crippen molar-refractivity contribution in [1.29, 1.82) is 0 Å². The number of anilines is 1. The molecule has 0 spiro atoms. The van der Waals surface area contributed by atoms with Gasteiger partial charge in [0, 0.05) is 18.9 Å². The first-order chi connectivity index (χ1) is 5.79. The molecular weight excluding hydrogens is 154 g/mol. The van der Waals surface area contributed by atoms with Crippen molar-refractivity contribution in [3.05, 3.63) is 12.4 Å². The fourth-order valence-electron chi connectivity index (χ4n) is 0.826. The lowest BCUT2D eigenvalue weighted by atomic mass is 10.5. The Morgan fingerprint density at radius 1 is 1.67 bits per heavy atom. The van der Waals surface area contributed by atoms with Gasteiger partial charge in [0.25, 0.3) is 0 Å². The Morgan fingerprint density at radius 2 is 2.50 bits per heavy atom. The molecule has 1 aromatic heterocycles. The lowest BCUT2D eigenvalue weighted by molar-refractivity contribution is 0.0870. The van der Waals surface area contributed by atoms with Crippen molar-refractivity contribution in [1.82, 2.24) is 9.97 Å². The van der Waals surface area contributed by atoms with Gasteiger partial charge in [-0.25, -0.2) is 4.98 Å². The summed E-state index contributed by atoms with van der Waals surface area (Å²) in [6.07, 6.45) is 3.79. The van der Waals surface area contributed by atoms with Crippen molar-refractivity contribution >= 4 is 5.95 Å². The van der Waals surface area contributed by atoms with Crippen LogP contribution in [0.1, 0.15) is 13.8 Å². The molecule has 0 radical (unpaired) electrons. The molecule has 12 heavy (non-hydrogen) atoms. The van der Waals surface area contributed by atoms with Gasteiger partial charge in [-0.1, -0.05) is 0 Å². The normalized spacial score (nSPS) is 10.6. The molecule has 0 atom stereocenters. The largest absolute Gasteiger partial charge is 0.377 e. The van der Waals surface area contributed by atoms with Crippen molar-refractivity contribution in [2.75, 3.05) is 18.5 Å². The highest BCUT2D eigenvalue weighted by atomic mass is 16.5. The maximum Gasteiger partial charge on any atom is 0.200 e. The minimum atomic E-state index is 0.295. The summed E-state index contributed by atoms with van der Waals surface area (Å²) in [6.45, 7) is 5.53. The number of hydrogen-bond donors (Lipinski definition) is 2. The van der Waals surface area contributed by atoms with Crippen LogP contribution in [0.15, 0.2) is 12.4 Å². The van der Waals surface area contributed by atoms with Gasteiger partial charge in [-0.2, -0.15) is 0 Å². The Kier molecular flexibility index (Phi) is 3.60. The summed E-state index contributed by atoms with van der Waals surface area (Å²) >= 11 is 0. The molecule has 0 aromatic carbocycles. The maximum absolute atomic E-state index is 5.34. The molecule has 0 fully saturated rings. The molecule has 0 saturated heterocycles. The molecule has 0 bridgehead atoms. The van der Waals surface area contributed by atoms with Gasteiger partial charge in [-0.05, 0) is 13.8 Å². The second-order valence-electron chi connectivity index (χ2n) is 2.78. The van der Waals surface area contributed by atoms with E-state index in [1.165, 1.54) is 0 Å². The molecule has 1 heterocycles. The van der Waals surface area contributed by atoms with E-state index in [1.54, 1.807) is 12.4 Å². The highest BCUT2D eigenvalue weighted by molar-refractivity contribution is 5.22. The third-order valence-corrected chi connectivity index (χ3v) is 1.34. The Morgan fingerprint density at radius 3 is 3.08 bits per heavy atom. The van der Waals surface area contributed by atoms with Crippen LogP contribution in [0.5, 0.6) is 0 Å². The Balaban J connectivity index is 2.04. The molecule has 0 unspecified atom stereocenters. The first-order valence-corrected chi connectivity index (χ1v) is 4.14. The third kappa shape index (κ3) is 3.39. The van der Waals surface area contributed by atoms with Gasteiger partial charge in [0.05, 0.1) is 12.7 Å². The second kappa shape index (κ2) is 4.77. The first kappa shape index (κ1) is 9.06. The third-order valence-electron chi connectivity index (χ3n) is 1.34. The fourth-order valence-corrected chi connectivity index (χ4v) is 0.826. The van der Waals surface area contributed by atoms with Crippen LogP contribution >= 0.6 is 0 Å². The van der Waals surface area contributed by atoms with Crippen molar-refractivity contribution in [2.24, 2.45) is 0 Å². The predicted octanol–water partition coefficient (Wildman–Crippen LogP) is 1.25. The van der Waals surface area contributed by atoms with Crippen LogP contribution < -0.4 is 5.32 Å². The van der Waals surface area contributed by atoms with Gasteiger partial charge in [0.15, 0.2) is 5.95 Å².